The van der Waals surface area contributed by atoms with Gasteiger partial charge in [-0.2, -0.15) is 0 Å². The zero-order valence-electron chi connectivity index (χ0n) is 10.5. The molecule has 1 aromatic rings. The van der Waals surface area contributed by atoms with E-state index in [0.717, 1.165) is 0 Å². The van der Waals surface area contributed by atoms with Crippen molar-refractivity contribution in [2.24, 2.45) is 4.99 Å². The number of benzene rings is 1. The van der Waals surface area contributed by atoms with Crippen molar-refractivity contribution in [3.8, 4) is 0 Å². The first-order chi connectivity index (χ1) is 9.04. The standard InChI is InChI=1S/C13H13FN2O2S/c1-7-10(12(17)18)11(16-13(15-7)19-2)8-5-3-4-6-9(8)14/h3-6,11H,1-2H3,(H,15,16)(H,17,18). The van der Waals surface area contributed by atoms with Crippen LogP contribution >= 0.6 is 11.8 Å². The van der Waals surface area contributed by atoms with Gasteiger partial charge in [0.1, 0.15) is 11.9 Å². The van der Waals surface area contributed by atoms with E-state index in [0.29, 0.717) is 10.9 Å². The predicted molar refractivity (Wildman–Crippen MR) is 73.6 cm³/mol. The van der Waals surface area contributed by atoms with Crippen LogP contribution in [-0.2, 0) is 4.79 Å². The van der Waals surface area contributed by atoms with Crippen molar-refractivity contribution in [1.82, 2.24) is 5.32 Å². The van der Waals surface area contributed by atoms with Crippen molar-refractivity contribution < 1.29 is 14.3 Å². The van der Waals surface area contributed by atoms with Crippen molar-refractivity contribution >= 4 is 22.9 Å². The van der Waals surface area contributed by atoms with Gasteiger partial charge in [0.25, 0.3) is 0 Å². The summed E-state index contributed by atoms with van der Waals surface area (Å²) in [5.41, 5.74) is 0.829. The molecule has 0 aliphatic carbocycles. The fourth-order valence-electron chi connectivity index (χ4n) is 1.95. The third kappa shape index (κ3) is 2.63. The lowest BCUT2D eigenvalue weighted by Gasteiger charge is -2.24. The molecule has 1 atom stereocenters. The van der Waals surface area contributed by atoms with E-state index in [1.54, 1.807) is 25.1 Å². The number of nitrogens with zero attached hydrogens (tertiary/aromatic N) is 1. The molecule has 0 radical (unpaired) electrons. The Labute approximate surface area is 114 Å². The number of carboxylic acids is 1. The van der Waals surface area contributed by atoms with Crippen LogP contribution < -0.4 is 5.32 Å². The summed E-state index contributed by atoms with van der Waals surface area (Å²) in [7, 11) is 0. The van der Waals surface area contributed by atoms with Gasteiger partial charge in [-0.3, -0.25) is 0 Å². The molecule has 0 aromatic heterocycles. The molecule has 6 heteroatoms. The Morgan fingerprint density at radius 2 is 2.16 bits per heavy atom. The molecule has 1 aromatic carbocycles. The van der Waals surface area contributed by atoms with Gasteiger partial charge in [0.15, 0.2) is 5.17 Å². The van der Waals surface area contributed by atoms with E-state index in [9.17, 15) is 14.3 Å². The molecule has 0 saturated carbocycles. The van der Waals surface area contributed by atoms with Crippen LogP contribution in [0.25, 0.3) is 0 Å². The van der Waals surface area contributed by atoms with E-state index in [2.05, 4.69) is 10.3 Å². The maximum Gasteiger partial charge on any atom is 0.335 e. The number of rotatable bonds is 2. The fraction of sp³-hybridized carbons (Fsp3) is 0.231. The fourth-order valence-corrected chi connectivity index (χ4v) is 2.42. The van der Waals surface area contributed by atoms with E-state index >= 15 is 0 Å². The second-order valence-electron chi connectivity index (χ2n) is 4.03. The van der Waals surface area contributed by atoms with Crippen molar-refractivity contribution in [3.63, 3.8) is 0 Å². The number of amidine groups is 1. The Kier molecular flexibility index (Phi) is 3.90. The number of thioether (sulfide) groups is 1. The van der Waals surface area contributed by atoms with Crippen LogP contribution in [0.5, 0.6) is 0 Å². The first-order valence-electron chi connectivity index (χ1n) is 5.62. The average molecular weight is 280 g/mol. The summed E-state index contributed by atoms with van der Waals surface area (Å²) in [6.07, 6.45) is 1.82. The summed E-state index contributed by atoms with van der Waals surface area (Å²) in [6.45, 7) is 1.65. The molecule has 19 heavy (non-hydrogen) atoms. The topological polar surface area (TPSA) is 61.7 Å². The monoisotopic (exact) mass is 280 g/mol. The van der Waals surface area contributed by atoms with Crippen LogP contribution in [0.15, 0.2) is 40.5 Å². The second-order valence-corrected chi connectivity index (χ2v) is 4.83. The average Bonchev–Trinajstić information content (AvgIpc) is 2.37. The minimum absolute atomic E-state index is 0.0721. The summed E-state index contributed by atoms with van der Waals surface area (Å²) in [6, 6.07) is 5.28. The summed E-state index contributed by atoms with van der Waals surface area (Å²) < 4.78 is 13.9. The Balaban J connectivity index is 2.55. The quantitative estimate of drug-likeness (QED) is 0.874. The predicted octanol–water partition coefficient (Wildman–Crippen LogP) is 2.55. The number of hydrogen-bond donors (Lipinski definition) is 2. The Morgan fingerprint density at radius 3 is 2.74 bits per heavy atom. The largest absolute Gasteiger partial charge is 0.478 e. The molecule has 100 valence electrons. The summed E-state index contributed by atoms with van der Waals surface area (Å²) >= 11 is 1.36. The third-order valence-electron chi connectivity index (χ3n) is 2.84. The van der Waals surface area contributed by atoms with Gasteiger partial charge in [0.2, 0.25) is 0 Å². The number of carbonyl (C=O) groups is 1. The molecule has 1 aliphatic rings. The van der Waals surface area contributed by atoms with Gasteiger partial charge in [-0.05, 0) is 19.2 Å². The number of halogens is 1. The normalized spacial score (nSPS) is 18.9. The third-order valence-corrected chi connectivity index (χ3v) is 3.44. The highest BCUT2D eigenvalue weighted by atomic mass is 32.2. The zero-order chi connectivity index (χ0) is 14.0. The Hall–Kier alpha value is -1.82. The van der Waals surface area contributed by atoms with Crippen molar-refractivity contribution in [3.05, 3.63) is 46.9 Å². The Morgan fingerprint density at radius 1 is 1.47 bits per heavy atom. The van der Waals surface area contributed by atoms with E-state index in [-0.39, 0.29) is 11.1 Å². The van der Waals surface area contributed by atoms with Crippen LogP contribution in [0.3, 0.4) is 0 Å². The van der Waals surface area contributed by atoms with Gasteiger partial charge in [0, 0.05) is 11.3 Å². The SMILES string of the molecule is CSC1=NC(c2ccccc2F)C(C(=O)O)=C(C)N1. The smallest absolute Gasteiger partial charge is 0.335 e. The van der Waals surface area contributed by atoms with Crippen LogP contribution in [0.2, 0.25) is 0 Å². The second kappa shape index (κ2) is 5.44. The van der Waals surface area contributed by atoms with Gasteiger partial charge < -0.3 is 10.4 Å². The van der Waals surface area contributed by atoms with E-state index in [4.69, 9.17) is 0 Å². The number of allylic oxidation sites excluding steroid dienone is 1. The number of nitrogens with one attached hydrogen (secondary N) is 1. The van der Waals surface area contributed by atoms with Gasteiger partial charge in [-0.1, -0.05) is 30.0 Å². The maximum absolute atomic E-state index is 13.9. The van der Waals surface area contributed by atoms with E-state index < -0.39 is 17.8 Å². The molecular weight excluding hydrogens is 267 g/mol. The van der Waals surface area contributed by atoms with Crippen LogP contribution in [0.4, 0.5) is 4.39 Å². The first-order valence-corrected chi connectivity index (χ1v) is 6.84. The zero-order valence-corrected chi connectivity index (χ0v) is 11.3. The number of carboxylic acid groups (broad SMARTS) is 1. The molecule has 2 rings (SSSR count). The number of hydrogen-bond acceptors (Lipinski definition) is 4. The lowest BCUT2D eigenvalue weighted by atomic mass is 9.96. The number of aliphatic imine (C=N–C) groups is 1. The molecule has 0 spiro atoms. The molecule has 1 heterocycles. The molecule has 4 nitrogen and oxygen atoms in total. The summed E-state index contributed by atoms with van der Waals surface area (Å²) in [5, 5.41) is 12.8. The summed E-state index contributed by atoms with van der Waals surface area (Å²) in [5.74, 6) is -1.55. The first kappa shape index (κ1) is 13.6. The van der Waals surface area contributed by atoms with Crippen molar-refractivity contribution in [2.45, 2.75) is 13.0 Å². The minimum Gasteiger partial charge on any atom is -0.478 e. The van der Waals surface area contributed by atoms with Crippen molar-refractivity contribution in [2.75, 3.05) is 6.26 Å². The van der Waals surface area contributed by atoms with Gasteiger partial charge >= 0.3 is 5.97 Å². The maximum atomic E-state index is 13.9. The lowest BCUT2D eigenvalue weighted by molar-refractivity contribution is -0.133. The highest BCUT2D eigenvalue weighted by Gasteiger charge is 2.30. The van der Waals surface area contributed by atoms with E-state index in [1.807, 2.05) is 6.26 Å². The molecule has 0 fully saturated rings. The molecule has 1 unspecified atom stereocenters. The minimum atomic E-state index is -1.10. The molecule has 1 aliphatic heterocycles. The summed E-state index contributed by atoms with van der Waals surface area (Å²) in [4.78, 5) is 15.6. The molecular formula is C13H13FN2O2S. The van der Waals surface area contributed by atoms with Gasteiger partial charge in [-0.15, -0.1) is 0 Å². The highest BCUT2D eigenvalue weighted by molar-refractivity contribution is 8.13. The lowest BCUT2D eigenvalue weighted by Crippen LogP contribution is -2.29. The van der Waals surface area contributed by atoms with E-state index in [1.165, 1.54) is 17.8 Å². The van der Waals surface area contributed by atoms with Crippen LogP contribution in [-0.4, -0.2) is 22.5 Å². The molecule has 2 N–H and O–H groups in total. The van der Waals surface area contributed by atoms with Gasteiger partial charge in [-0.25, -0.2) is 14.2 Å². The number of aliphatic carboxylic acids is 1. The van der Waals surface area contributed by atoms with Crippen molar-refractivity contribution in [1.29, 1.82) is 0 Å². The van der Waals surface area contributed by atoms with Crippen LogP contribution in [0.1, 0.15) is 18.5 Å². The molecule has 0 amide bonds. The molecule has 0 bridgehead atoms. The van der Waals surface area contributed by atoms with Crippen LogP contribution in [0, 0.1) is 5.82 Å². The Bertz CT molecular complexity index is 584. The van der Waals surface area contributed by atoms with Gasteiger partial charge in [0.05, 0.1) is 5.57 Å². The molecule has 0 saturated heterocycles. The highest BCUT2D eigenvalue weighted by Crippen LogP contribution is 2.33.